The summed E-state index contributed by atoms with van der Waals surface area (Å²) in [6.07, 6.45) is -2.07. The van der Waals surface area contributed by atoms with Gasteiger partial charge in [-0.1, -0.05) is 12.1 Å². The van der Waals surface area contributed by atoms with Crippen molar-refractivity contribution in [3.63, 3.8) is 0 Å². The van der Waals surface area contributed by atoms with Crippen molar-refractivity contribution in [3.8, 4) is 5.75 Å². The highest BCUT2D eigenvalue weighted by atomic mass is 35.5. The molecule has 5 rings (SSSR count). The highest BCUT2D eigenvalue weighted by Crippen LogP contribution is 2.31. The first-order valence-electron chi connectivity index (χ1n) is 13.3. The van der Waals surface area contributed by atoms with Crippen molar-refractivity contribution >= 4 is 34.8 Å². The van der Waals surface area contributed by atoms with Gasteiger partial charge in [0.15, 0.2) is 0 Å². The van der Waals surface area contributed by atoms with Gasteiger partial charge < -0.3 is 19.4 Å². The summed E-state index contributed by atoms with van der Waals surface area (Å²) in [6, 6.07) is 17.5. The third kappa shape index (κ3) is 6.79. The Kier molecular flexibility index (Phi) is 8.96. The molecule has 2 aliphatic rings. The first-order valence-corrected chi connectivity index (χ1v) is 13.3. The molecule has 0 aliphatic carbocycles. The maximum Gasteiger partial charge on any atom is 0.416 e. The number of ether oxygens (including phenoxy) is 1. The van der Waals surface area contributed by atoms with Crippen molar-refractivity contribution in [2.75, 3.05) is 44.2 Å². The standard InChI is InChI=1S/C30H34F3N3O2.ClH/c1-21(2)34-13-11-27(12-14-34)38-28-10-5-22-19-24(4-3-23(22)20-28)29(37)36-17-15-35(16-18-36)26-8-6-25(7-9-26)30(31,32)33;/h3-10,19-21,27H,11-18H2,1-2H3;1H. The summed E-state index contributed by atoms with van der Waals surface area (Å²) in [5.74, 6) is 0.829. The van der Waals surface area contributed by atoms with E-state index in [1.165, 1.54) is 12.1 Å². The van der Waals surface area contributed by atoms with Crippen LogP contribution in [0.1, 0.15) is 42.6 Å². The molecule has 0 radical (unpaired) electrons. The van der Waals surface area contributed by atoms with Crippen LogP contribution in [0.2, 0.25) is 0 Å². The molecule has 0 aromatic heterocycles. The van der Waals surface area contributed by atoms with Crippen molar-refractivity contribution in [3.05, 3.63) is 71.8 Å². The third-order valence-corrected chi connectivity index (χ3v) is 7.69. The summed E-state index contributed by atoms with van der Waals surface area (Å²) in [6.45, 7) is 8.74. The molecule has 3 aromatic carbocycles. The van der Waals surface area contributed by atoms with Gasteiger partial charge in [-0.25, -0.2) is 0 Å². The maximum atomic E-state index is 13.2. The van der Waals surface area contributed by atoms with Gasteiger partial charge in [-0.05, 0) is 86.0 Å². The van der Waals surface area contributed by atoms with Gasteiger partial charge in [-0.2, -0.15) is 13.2 Å². The van der Waals surface area contributed by atoms with Gasteiger partial charge in [0, 0.05) is 56.6 Å². The molecule has 3 aromatic rings. The van der Waals surface area contributed by atoms with E-state index in [4.69, 9.17) is 4.74 Å². The predicted octanol–water partition coefficient (Wildman–Crippen LogP) is 6.49. The van der Waals surface area contributed by atoms with Crippen LogP contribution in [-0.2, 0) is 6.18 Å². The van der Waals surface area contributed by atoms with Gasteiger partial charge in [0.05, 0.1) is 5.56 Å². The molecule has 2 heterocycles. The van der Waals surface area contributed by atoms with Crippen LogP contribution in [0.5, 0.6) is 5.75 Å². The molecule has 2 fully saturated rings. The van der Waals surface area contributed by atoms with Gasteiger partial charge in [0.25, 0.3) is 5.91 Å². The molecule has 210 valence electrons. The van der Waals surface area contributed by atoms with E-state index in [9.17, 15) is 18.0 Å². The minimum atomic E-state index is -4.34. The lowest BCUT2D eigenvalue weighted by Gasteiger charge is -2.36. The van der Waals surface area contributed by atoms with Crippen LogP contribution in [0.4, 0.5) is 18.9 Å². The number of hydrogen-bond donors (Lipinski definition) is 0. The molecule has 0 bridgehead atoms. The van der Waals surface area contributed by atoms with Gasteiger partial charge in [0.1, 0.15) is 11.9 Å². The van der Waals surface area contributed by atoms with Crippen LogP contribution in [0.3, 0.4) is 0 Å². The first-order chi connectivity index (χ1) is 18.2. The fourth-order valence-electron chi connectivity index (χ4n) is 5.34. The normalized spacial score (nSPS) is 17.4. The zero-order valence-corrected chi connectivity index (χ0v) is 23.1. The Balaban J connectivity index is 0.00000353. The lowest BCUT2D eigenvalue weighted by atomic mass is 10.0. The number of likely N-dealkylation sites (tertiary alicyclic amines) is 1. The first kappa shape index (κ1) is 29.0. The molecule has 0 saturated carbocycles. The number of alkyl halides is 3. The Morgan fingerprint density at radius 2 is 1.46 bits per heavy atom. The van der Waals surface area contributed by atoms with E-state index in [0.29, 0.717) is 37.8 Å². The topological polar surface area (TPSA) is 36.0 Å². The number of carbonyl (C=O) groups is 1. The summed E-state index contributed by atoms with van der Waals surface area (Å²) in [5.41, 5.74) is 0.714. The van der Waals surface area contributed by atoms with Crippen LogP contribution < -0.4 is 9.64 Å². The van der Waals surface area contributed by atoms with E-state index >= 15 is 0 Å². The largest absolute Gasteiger partial charge is 0.490 e. The number of fused-ring (bicyclic) bond motifs is 1. The molecule has 0 spiro atoms. The van der Waals surface area contributed by atoms with Crippen molar-refractivity contribution in [1.29, 1.82) is 0 Å². The number of amides is 1. The second-order valence-corrected chi connectivity index (χ2v) is 10.5. The van der Waals surface area contributed by atoms with Crippen LogP contribution in [0, 0.1) is 0 Å². The van der Waals surface area contributed by atoms with Crippen molar-refractivity contribution in [2.45, 2.75) is 45.0 Å². The number of piperazine rings is 1. The zero-order chi connectivity index (χ0) is 26.9. The minimum absolute atomic E-state index is 0. The molecule has 0 N–H and O–H groups in total. The second-order valence-electron chi connectivity index (χ2n) is 10.5. The maximum absolute atomic E-state index is 13.2. The smallest absolute Gasteiger partial charge is 0.416 e. The van der Waals surface area contributed by atoms with Crippen molar-refractivity contribution in [2.24, 2.45) is 0 Å². The average molecular weight is 562 g/mol. The summed E-state index contributed by atoms with van der Waals surface area (Å²) >= 11 is 0. The molecule has 39 heavy (non-hydrogen) atoms. The number of anilines is 1. The monoisotopic (exact) mass is 561 g/mol. The lowest BCUT2D eigenvalue weighted by Crippen LogP contribution is -2.48. The molecule has 9 heteroatoms. The predicted molar refractivity (Wildman–Crippen MR) is 151 cm³/mol. The summed E-state index contributed by atoms with van der Waals surface area (Å²) < 4.78 is 44.8. The van der Waals surface area contributed by atoms with Crippen molar-refractivity contribution < 1.29 is 22.7 Å². The quantitative estimate of drug-likeness (QED) is 0.356. The van der Waals surface area contributed by atoms with Crippen LogP contribution >= 0.6 is 12.4 Å². The summed E-state index contributed by atoms with van der Waals surface area (Å²) in [4.78, 5) is 19.5. The van der Waals surface area contributed by atoms with E-state index in [1.807, 2.05) is 46.2 Å². The Labute approximate surface area is 233 Å². The zero-order valence-electron chi connectivity index (χ0n) is 22.3. The van der Waals surface area contributed by atoms with E-state index in [1.54, 1.807) is 0 Å². The van der Waals surface area contributed by atoms with Gasteiger partial charge in [-0.3, -0.25) is 4.79 Å². The number of halogens is 4. The third-order valence-electron chi connectivity index (χ3n) is 7.69. The van der Waals surface area contributed by atoms with Gasteiger partial charge in [-0.15, -0.1) is 12.4 Å². The number of piperidine rings is 1. The Morgan fingerprint density at radius 1 is 0.846 bits per heavy atom. The SMILES string of the molecule is CC(C)N1CCC(Oc2ccc3cc(C(=O)N4CCN(c5ccc(C(F)(F)F)cc5)CC4)ccc3c2)CC1.Cl. The summed E-state index contributed by atoms with van der Waals surface area (Å²) in [7, 11) is 0. The lowest BCUT2D eigenvalue weighted by molar-refractivity contribution is -0.137. The minimum Gasteiger partial charge on any atom is -0.490 e. The number of carbonyl (C=O) groups excluding carboxylic acids is 1. The molecule has 0 unspecified atom stereocenters. The average Bonchev–Trinajstić information content (AvgIpc) is 2.92. The fraction of sp³-hybridized carbons (Fsp3) is 0.433. The molecule has 0 atom stereocenters. The number of benzene rings is 3. The fourth-order valence-corrected chi connectivity index (χ4v) is 5.34. The van der Waals surface area contributed by atoms with Crippen LogP contribution in [-0.4, -0.2) is 67.1 Å². The second kappa shape index (κ2) is 12.0. The molecular weight excluding hydrogens is 527 g/mol. The Hall–Kier alpha value is -2.97. The molecular formula is C30H35ClF3N3O2. The van der Waals surface area contributed by atoms with Crippen LogP contribution in [0.25, 0.3) is 10.8 Å². The highest BCUT2D eigenvalue weighted by Gasteiger charge is 2.30. The Bertz CT molecular complexity index is 1270. The molecule has 2 aliphatic heterocycles. The summed E-state index contributed by atoms with van der Waals surface area (Å²) in [5, 5.41) is 2.02. The van der Waals surface area contributed by atoms with Gasteiger partial charge >= 0.3 is 6.18 Å². The van der Waals surface area contributed by atoms with E-state index in [2.05, 4.69) is 18.7 Å². The van der Waals surface area contributed by atoms with E-state index in [-0.39, 0.29) is 24.4 Å². The Morgan fingerprint density at radius 3 is 2.08 bits per heavy atom. The van der Waals surface area contributed by atoms with Crippen LogP contribution in [0.15, 0.2) is 60.7 Å². The molecule has 1 amide bonds. The molecule has 2 saturated heterocycles. The highest BCUT2D eigenvalue weighted by molar-refractivity contribution is 5.99. The number of rotatable bonds is 5. The number of nitrogens with zero attached hydrogens (tertiary/aromatic N) is 3. The van der Waals surface area contributed by atoms with E-state index in [0.717, 1.165) is 60.3 Å². The van der Waals surface area contributed by atoms with Gasteiger partial charge in [0.2, 0.25) is 0 Å². The van der Waals surface area contributed by atoms with Crippen molar-refractivity contribution in [1.82, 2.24) is 9.80 Å². The number of hydrogen-bond acceptors (Lipinski definition) is 4. The van der Waals surface area contributed by atoms with E-state index < -0.39 is 11.7 Å². The molecule has 5 nitrogen and oxygen atoms in total.